The number of hydrogen-bond acceptors (Lipinski definition) is 4. The van der Waals surface area contributed by atoms with Gasteiger partial charge in [0, 0.05) is 22.0 Å². The Hall–Kier alpha value is -3.26. The molecule has 4 aromatic rings. The van der Waals surface area contributed by atoms with Crippen LogP contribution in [0.4, 0.5) is 18.3 Å². The Bertz CT molecular complexity index is 1230. The van der Waals surface area contributed by atoms with E-state index in [2.05, 4.69) is 15.3 Å². The maximum Gasteiger partial charge on any atom is 0.416 e. The van der Waals surface area contributed by atoms with Gasteiger partial charge in [-0.1, -0.05) is 36.4 Å². The Labute approximate surface area is 174 Å². The van der Waals surface area contributed by atoms with Gasteiger partial charge in [-0.3, -0.25) is 4.79 Å². The average Bonchev–Trinajstić information content (AvgIpc) is 3.12. The van der Waals surface area contributed by atoms with Crippen molar-refractivity contribution in [1.29, 1.82) is 0 Å². The van der Waals surface area contributed by atoms with Crippen LogP contribution in [0.1, 0.15) is 16.0 Å². The van der Waals surface area contributed by atoms with Gasteiger partial charge in [0.15, 0.2) is 5.13 Å². The molecular formula is C22H16F3N3OS. The van der Waals surface area contributed by atoms with Crippen molar-refractivity contribution in [2.75, 3.05) is 5.32 Å². The van der Waals surface area contributed by atoms with Gasteiger partial charge in [-0.25, -0.2) is 9.97 Å². The molecule has 2 aromatic carbocycles. The fraction of sp³-hybridized carbons (Fsp3) is 0.136. The lowest BCUT2D eigenvalue weighted by molar-refractivity contribution is -0.137. The fourth-order valence-electron chi connectivity index (χ4n) is 3.12. The van der Waals surface area contributed by atoms with Crippen LogP contribution in [0.15, 0.2) is 60.8 Å². The Morgan fingerprint density at radius 1 is 1.10 bits per heavy atom. The van der Waals surface area contributed by atoms with Crippen LogP contribution in [0.25, 0.3) is 22.2 Å². The second-order valence-corrected chi connectivity index (χ2v) is 8.00. The number of carbonyl (C=O) groups excluding carboxylic acids is 1. The summed E-state index contributed by atoms with van der Waals surface area (Å²) in [7, 11) is 0. The molecule has 0 saturated heterocycles. The first kappa shape index (κ1) is 20.0. The number of rotatable bonds is 4. The number of thiazole rings is 1. The lowest BCUT2D eigenvalue weighted by Gasteiger charge is -2.10. The van der Waals surface area contributed by atoms with Gasteiger partial charge in [0.2, 0.25) is 5.91 Å². The van der Waals surface area contributed by atoms with E-state index in [1.807, 2.05) is 19.1 Å². The number of amides is 1. The molecule has 0 aliphatic carbocycles. The third-order valence-corrected chi connectivity index (χ3v) is 5.34. The molecule has 4 nitrogen and oxygen atoms in total. The normalized spacial score (nSPS) is 11.6. The highest BCUT2D eigenvalue weighted by molar-refractivity contribution is 7.15. The summed E-state index contributed by atoms with van der Waals surface area (Å²) >= 11 is 1.38. The number of aromatic nitrogens is 2. The molecule has 8 heteroatoms. The van der Waals surface area contributed by atoms with Crippen molar-refractivity contribution in [1.82, 2.24) is 9.97 Å². The first-order valence-electron chi connectivity index (χ1n) is 9.08. The Morgan fingerprint density at radius 2 is 1.90 bits per heavy atom. The predicted molar refractivity (Wildman–Crippen MR) is 111 cm³/mol. The molecule has 0 aliphatic heterocycles. The number of anilines is 1. The number of fused-ring (bicyclic) bond motifs is 1. The second-order valence-electron chi connectivity index (χ2n) is 6.76. The summed E-state index contributed by atoms with van der Waals surface area (Å²) < 4.78 is 39.2. The highest BCUT2D eigenvalue weighted by Gasteiger charge is 2.30. The molecule has 4 rings (SSSR count). The van der Waals surface area contributed by atoms with E-state index in [1.165, 1.54) is 17.4 Å². The number of hydrogen-bond donors (Lipinski definition) is 1. The summed E-state index contributed by atoms with van der Waals surface area (Å²) in [6.07, 6.45) is -2.67. The van der Waals surface area contributed by atoms with Gasteiger partial charge in [0.05, 0.1) is 23.2 Å². The summed E-state index contributed by atoms with van der Waals surface area (Å²) in [5.74, 6) is -0.233. The molecule has 2 aromatic heterocycles. The highest BCUT2D eigenvalue weighted by atomic mass is 32.1. The van der Waals surface area contributed by atoms with Crippen LogP contribution in [0, 0.1) is 6.92 Å². The molecule has 0 bridgehead atoms. The summed E-state index contributed by atoms with van der Waals surface area (Å²) in [5.41, 5.74) is 1.32. The van der Waals surface area contributed by atoms with E-state index in [0.717, 1.165) is 22.4 Å². The Balaban J connectivity index is 1.66. The quantitative estimate of drug-likeness (QED) is 0.443. The smallest absolute Gasteiger partial charge is 0.302 e. The van der Waals surface area contributed by atoms with E-state index >= 15 is 0 Å². The Morgan fingerprint density at radius 3 is 2.63 bits per heavy atom. The SMILES string of the molecule is Cc1cnc(NC(=O)Cc2cccc3ccc(-c4cccc(C(F)(F)F)c4)nc23)s1. The van der Waals surface area contributed by atoms with Crippen LogP contribution >= 0.6 is 11.3 Å². The van der Waals surface area contributed by atoms with Crippen molar-refractivity contribution in [2.45, 2.75) is 19.5 Å². The number of aryl methyl sites for hydroxylation is 1. The van der Waals surface area contributed by atoms with Crippen LogP contribution < -0.4 is 5.32 Å². The standard InChI is InChI=1S/C22H16F3N3OS/c1-13-12-26-21(30-13)28-19(29)11-16-6-2-4-14-8-9-18(27-20(14)16)15-5-3-7-17(10-15)22(23,24)25/h2-10,12H,11H2,1H3,(H,26,28,29). The van der Waals surface area contributed by atoms with Crippen molar-refractivity contribution < 1.29 is 18.0 Å². The summed E-state index contributed by atoms with van der Waals surface area (Å²) in [6.45, 7) is 1.90. The number of nitrogens with one attached hydrogen (secondary N) is 1. The zero-order valence-corrected chi connectivity index (χ0v) is 16.6. The molecule has 152 valence electrons. The first-order chi connectivity index (χ1) is 14.3. The number of carbonyl (C=O) groups is 1. The number of halogens is 3. The monoisotopic (exact) mass is 427 g/mol. The van der Waals surface area contributed by atoms with E-state index in [0.29, 0.717) is 27.5 Å². The number of benzene rings is 2. The minimum Gasteiger partial charge on any atom is -0.302 e. The maximum absolute atomic E-state index is 13.1. The van der Waals surface area contributed by atoms with Crippen molar-refractivity contribution in [2.24, 2.45) is 0 Å². The zero-order chi connectivity index (χ0) is 21.3. The summed E-state index contributed by atoms with van der Waals surface area (Å²) in [6, 6.07) is 14.0. The number of alkyl halides is 3. The van der Waals surface area contributed by atoms with Crippen LogP contribution in [0.2, 0.25) is 0 Å². The van der Waals surface area contributed by atoms with Crippen LogP contribution in [-0.2, 0) is 17.4 Å². The van der Waals surface area contributed by atoms with Gasteiger partial charge in [0.1, 0.15) is 0 Å². The van der Waals surface area contributed by atoms with E-state index in [1.54, 1.807) is 30.5 Å². The van der Waals surface area contributed by atoms with Gasteiger partial charge in [-0.15, -0.1) is 11.3 Å². The van der Waals surface area contributed by atoms with Crippen molar-refractivity contribution >= 4 is 33.3 Å². The van der Waals surface area contributed by atoms with E-state index < -0.39 is 11.7 Å². The zero-order valence-electron chi connectivity index (χ0n) is 15.8. The van der Waals surface area contributed by atoms with Crippen LogP contribution in [0.3, 0.4) is 0 Å². The van der Waals surface area contributed by atoms with Gasteiger partial charge < -0.3 is 5.32 Å². The van der Waals surface area contributed by atoms with E-state index in [9.17, 15) is 18.0 Å². The van der Waals surface area contributed by atoms with Gasteiger partial charge in [-0.05, 0) is 30.7 Å². The second kappa shape index (κ2) is 7.87. The van der Waals surface area contributed by atoms with Crippen molar-refractivity contribution in [3.8, 4) is 11.3 Å². The number of para-hydroxylation sites is 1. The third-order valence-electron chi connectivity index (χ3n) is 4.51. The number of pyridine rings is 1. The molecule has 30 heavy (non-hydrogen) atoms. The lowest BCUT2D eigenvalue weighted by Crippen LogP contribution is -2.14. The Kier molecular flexibility index (Phi) is 5.26. The largest absolute Gasteiger partial charge is 0.416 e. The highest BCUT2D eigenvalue weighted by Crippen LogP contribution is 2.32. The van der Waals surface area contributed by atoms with E-state index in [4.69, 9.17) is 0 Å². The molecule has 0 fully saturated rings. The molecule has 1 N–H and O–H groups in total. The van der Waals surface area contributed by atoms with Gasteiger partial charge in [-0.2, -0.15) is 13.2 Å². The first-order valence-corrected chi connectivity index (χ1v) is 9.90. The maximum atomic E-state index is 13.1. The molecule has 0 atom stereocenters. The average molecular weight is 427 g/mol. The molecule has 0 radical (unpaired) electrons. The van der Waals surface area contributed by atoms with Crippen LogP contribution in [-0.4, -0.2) is 15.9 Å². The van der Waals surface area contributed by atoms with Gasteiger partial charge in [0.25, 0.3) is 0 Å². The van der Waals surface area contributed by atoms with Crippen molar-refractivity contribution in [3.05, 3.63) is 76.8 Å². The molecule has 2 heterocycles. The molecule has 0 spiro atoms. The molecule has 0 saturated carbocycles. The summed E-state index contributed by atoms with van der Waals surface area (Å²) in [5, 5.41) is 4.09. The number of nitrogens with zero attached hydrogens (tertiary/aromatic N) is 2. The minimum absolute atomic E-state index is 0.0784. The molecule has 1 amide bonds. The topological polar surface area (TPSA) is 54.9 Å². The van der Waals surface area contributed by atoms with Gasteiger partial charge >= 0.3 is 6.18 Å². The third kappa shape index (κ3) is 4.33. The molecule has 0 unspecified atom stereocenters. The molecule has 0 aliphatic rings. The van der Waals surface area contributed by atoms with E-state index in [-0.39, 0.29) is 12.3 Å². The fourth-order valence-corrected chi connectivity index (χ4v) is 3.80. The minimum atomic E-state index is -4.43. The lowest BCUT2D eigenvalue weighted by atomic mass is 10.0. The van der Waals surface area contributed by atoms with Crippen LogP contribution in [0.5, 0.6) is 0 Å². The predicted octanol–water partition coefficient (Wildman–Crippen LogP) is 5.87. The summed E-state index contributed by atoms with van der Waals surface area (Å²) in [4.78, 5) is 22.1. The molecular weight excluding hydrogens is 411 g/mol. The van der Waals surface area contributed by atoms with Crippen molar-refractivity contribution in [3.63, 3.8) is 0 Å².